The van der Waals surface area contributed by atoms with E-state index in [1.54, 1.807) is 18.4 Å². The molecule has 8 heteroatoms. The van der Waals surface area contributed by atoms with Crippen LogP contribution in [0.25, 0.3) is 11.3 Å². The van der Waals surface area contributed by atoms with E-state index in [0.717, 1.165) is 10.5 Å². The van der Waals surface area contributed by atoms with Crippen LogP contribution in [0, 0.1) is 0 Å². The maximum Gasteiger partial charge on any atom is 0.240 e. The van der Waals surface area contributed by atoms with Crippen molar-refractivity contribution in [1.29, 1.82) is 0 Å². The van der Waals surface area contributed by atoms with Gasteiger partial charge in [0.15, 0.2) is 0 Å². The van der Waals surface area contributed by atoms with Crippen LogP contribution in [0.4, 0.5) is 0 Å². The number of nitrogens with zero attached hydrogens (tertiary/aromatic N) is 1. The zero-order valence-corrected chi connectivity index (χ0v) is 13.5. The molecule has 1 aliphatic rings. The van der Waals surface area contributed by atoms with Gasteiger partial charge in [-0.25, -0.2) is 0 Å². The lowest BCUT2D eigenvalue weighted by molar-refractivity contribution is -0.142. The average molecular weight is 348 g/mol. The number of hydrogen-bond acceptors (Lipinski definition) is 6. The van der Waals surface area contributed by atoms with E-state index in [4.69, 9.17) is 4.42 Å². The molecular weight excluding hydrogens is 332 g/mol. The summed E-state index contributed by atoms with van der Waals surface area (Å²) in [5, 5.41) is 14.6. The number of aliphatic hydroxyl groups is 1. The van der Waals surface area contributed by atoms with Crippen molar-refractivity contribution in [1.82, 2.24) is 10.2 Å². The Labute approximate surface area is 141 Å². The second-order valence-electron chi connectivity index (χ2n) is 5.41. The van der Waals surface area contributed by atoms with Crippen LogP contribution < -0.4 is 5.32 Å². The predicted molar refractivity (Wildman–Crippen MR) is 85.9 cm³/mol. The van der Waals surface area contributed by atoms with Crippen molar-refractivity contribution >= 4 is 29.1 Å². The lowest BCUT2D eigenvalue weighted by Crippen LogP contribution is -2.41. The zero-order valence-electron chi connectivity index (χ0n) is 12.7. The largest absolute Gasteiger partial charge is 0.464 e. The van der Waals surface area contributed by atoms with Crippen LogP contribution in [-0.2, 0) is 14.4 Å². The highest BCUT2D eigenvalue weighted by Gasteiger charge is 2.30. The number of carbonyl (C=O) groups excluding carboxylic acids is 3. The molecule has 2 N–H and O–H groups in total. The third-order valence-electron chi connectivity index (χ3n) is 3.70. The van der Waals surface area contributed by atoms with Gasteiger partial charge in [0.05, 0.1) is 6.26 Å². The van der Waals surface area contributed by atoms with Gasteiger partial charge < -0.3 is 14.8 Å². The fourth-order valence-electron chi connectivity index (χ4n) is 2.41. The van der Waals surface area contributed by atoms with Crippen LogP contribution in [-0.4, -0.2) is 40.8 Å². The minimum Gasteiger partial charge on any atom is -0.464 e. The van der Waals surface area contributed by atoms with E-state index in [1.807, 2.05) is 11.4 Å². The highest BCUT2D eigenvalue weighted by Crippen LogP contribution is 2.29. The molecule has 1 fully saturated rings. The third kappa shape index (κ3) is 3.55. The summed E-state index contributed by atoms with van der Waals surface area (Å²) in [6.45, 7) is -0.292. The van der Waals surface area contributed by atoms with Crippen LogP contribution >= 0.6 is 11.3 Å². The first kappa shape index (κ1) is 16.4. The lowest BCUT2D eigenvalue weighted by atomic mass is 10.2. The normalized spacial score (nSPS) is 15.8. The zero-order chi connectivity index (χ0) is 17.1. The number of furan rings is 1. The molecule has 1 aliphatic heterocycles. The summed E-state index contributed by atoms with van der Waals surface area (Å²) in [5.41, 5.74) is 0.860. The van der Waals surface area contributed by atoms with Crippen molar-refractivity contribution in [2.75, 3.05) is 13.1 Å². The Morgan fingerprint density at radius 1 is 1.38 bits per heavy atom. The maximum absolute atomic E-state index is 11.8. The van der Waals surface area contributed by atoms with Gasteiger partial charge in [-0.2, -0.15) is 0 Å². The van der Waals surface area contributed by atoms with Gasteiger partial charge in [-0.05, 0) is 18.2 Å². The Bertz CT molecular complexity index is 736. The van der Waals surface area contributed by atoms with Gasteiger partial charge in [-0.3, -0.25) is 19.3 Å². The number of nitrogens with one attached hydrogen (secondary N) is 1. The van der Waals surface area contributed by atoms with Gasteiger partial charge in [0.1, 0.15) is 18.4 Å². The first-order valence-corrected chi connectivity index (χ1v) is 8.33. The molecule has 24 heavy (non-hydrogen) atoms. The fourth-order valence-corrected chi connectivity index (χ4v) is 3.29. The number of thiophene rings is 1. The number of likely N-dealkylation sites (tertiary alicyclic amines) is 1. The number of amides is 3. The fraction of sp³-hybridized carbons (Fsp3) is 0.312. The first-order valence-electron chi connectivity index (χ1n) is 7.45. The number of hydrogen-bond donors (Lipinski definition) is 2. The average Bonchev–Trinajstić information content (AvgIpc) is 3.29. The van der Waals surface area contributed by atoms with E-state index >= 15 is 0 Å². The van der Waals surface area contributed by atoms with Crippen molar-refractivity contribution in [2.24, 2.45) is 0 Å². The molecule has 7 nitrogen and oxygen atoms in total. The minimum atomic E-state index is -0.868. The Morgan fingerprint density at radius 3 is 2.79 bits per heavy atom. The van der Waals surface area contributed by atoms with Crippen LogP contribution in [0.1, 0.15) is 23.8 Å². The Morgan fingerprint density at radius 2 is 2.12 bits per heavy atom. The van der Waals surface area contributed by atoms with Crippen molar-refractivity contribution < 1.29 is 23.9 Å². The molecule has 126 valence electrons. The standard InChI is InChI=1S/C16H16N2O5S/c19-11(13-6-10(9-24-13)12-2-1-5-23-12)7-17-14(20)8-18-15(21)3-4-16(18)22/h1-2,5-6,9,11,19H,3-4,7-8H2,(H,17,20). The molecule has 0 bridgehead atoms. The van der Waals surface area contributed by atoms with Crippen LogP contribution in [0.15, 0.2) is 34.3 Å². The molecule has 2 aromatic heterocycles. The van der Waals surface area contributed by atoms with Crippen molar-refractivity contribution in [2.45, 2.75) is 18.9 Å². The van der Waals surface area contributed by atoms with Crippen LogP contribution in [0.3, 0.4) is 0 Å². The summed E-state index contributed by atoms with van der Waals surface area (Å²) in [6, 6.07) is 5.40. The van der Waals surface area contributed by atoms with E-state index < -0.39 is 12.0 Å². The topological polar surface area (TPSA) is 99.9 Å². The molecule has 1 atom stereocenters. The summed E-state index contributed by atoms with van der Waals surface area (Å²) < 4.78 is 5.29. The van der Waals surface area contributed by atoms with Crippen LogP contribution in [0.2, 0.25) is 0 Å². The van der Waals surface area contributed by atoms with E-state index in [2.05, 4.69) is 5.32 Å². The summed E-state index contributed by atoms with van der Waals surface area (Å²) in [5.74, 6) is -0.436. The van der Waals surface area contributed by atoms with Crippen molar-refractivity contribution in [3.05, 3.63) is 34.7 Å². The van der Waals surface area contributed by atoms with Crippen molar-refractivity contribution in [3.8, 4) is 11.3 Å². The van der Waals surface area contributed by atoms with Gasteiger partial charge in [-0.15, -0.1) is 11.3 Å². The Kier molecular flexibility index (Phi) is 4.77. The summed E-state index contributed by atoms with van der Waals surface area (Å²) in [6.07, 6.45) is 1.01. The SMILES string of the molecule is O=C(CN1C(=O)CCC1=O)NCC(O)c1cc(-c2ccco2)cs1. The Balaban J connectivity index is 1.52. The molecule has 0 radical (unpaired) electrons. The van der Waals surface area contributed by atoms with Gasteiger partial charge in [-0.1, -0.05) is 0 Å². The molecular formula is C16H16N2O5S. The van der Waals surface area contributed by atoms with Gasteiger partial charge >= 0.3 is 0 Å². The molecule has 0 aromatic carbocycles. The lowest BCUT2D eigenvalue weighted by Gasteiger charge is -2.15. The molecule has 0 saturated carbocycles. The predicted octanol–water partition coefficient (Wildman–Crippen LogP) is 1.31. The van der Waals surface area contributed by atoms with Crippen molar-refractivity contribution in [3.63, 3.8) is 0 Å². The smallest absolute Gasteiger partial charge is 0.240 e. The molecule has 0 aliphatic carbocycles. The molecule has 2 aromatic rings. The molecule has 1 unspecified atom stereocenters. The van der Waals surface area contributed by atoms with E-state index in [-0.39, 0.29) is 37.7 Å². The number of aliphatic hydroxyl groups excluding tert-OH is 1. The third-order valence-corrected chi connectivity index (χ3v) is 4.74. The maximum atomic E-state index is 11.8. The minimum absolute atomic E-state index is 0.00711. The second-order valence-corrected chi connectivity index (χ2v) is 6.35. The Hall–Kier alpha value is -2.45. The molecule has 3 rings (SSSR count). The van der Waals surface area contributed by atoms with Crippen LogP contribution in [0.5, 0.6) is 0 Å². The molecule has 1 saturated heterocycles. The van der Waals surface area contributed by atoms with Gasteiger partial charge in [0, 0.05) is 35.2 Å². The van der Waals surface area contributed by atoms with E-state index in [0.29, 0.717) is 10.6 Å². The molecule has 0 spiro atoms. The van der Waals surface area contributed by atoms with Gasteiger partial charge in [0.25, 0.3) is 0 Å². The number of carbonyl (C=O) groups is 3. The summed E-state index contributed by atoms with van der Waals surface area (Å²) >= 11 is 1.36. The summed E-state index contributed by atoms with van der Waals surface area (Å²) in [4.78, 5) is 36.4. The highest BCUT2D eigenvalue weighted by molar-refractivity contribution is 7.10. The molecule has 3 heterocycles. The summed E-state index contributed by atoms with van der Waals surface area (Å²) in [7, 11) is 0. The number of imide groups is 1. The highest BCUT2D eigenvalue weighted by atomic mass is 32.1. The quantitative estimate of drug-likeness (QED) is 0.767. The molecule has 3 amide bonds. The first-order chi connectivity index (χ1) is 11.5. The van der Waals surface area contributed by atoms with Gasteiger partial charge in [0.2, 0.25) is 17.7 Å². The number of rotatable bonds is 6. The monoisotopic (exact) mass is 348 g/mol. The second kappa shape index (κ2) is 6.98. The van der Waals surface area contributed by atoms with E-state index in [9.17, 15) is 19.5 Å². The van der Waals surface area contributed by atoms with E-state index in [1.165, 1.54) is 11.3 Å².